The summed E-state index contributed by atoms with van der Waals surface area (Å²) in [6, 6.07) is 0. The van der Waals surface area contributed by atoms with Crippen LogP contribution in [0.3, 0.4) is 0 Å². The van der Waals surface area contributed by atoms with Crippen molar-refractivity contribution >= 4 is 0 Å². The van der Waals surface area contributed by atoms with E-state index in [9.17, 15) is 10.1 Å². The highest BCUT2D eigenvalue weighted by Crippen LogP contribution is 2.03. The molecule has 0 spiro atoms. The van der Waals surface area contributed by atoms with Gasteiger partial charge in [-0.1, -0.05) is 13.8 Å². The molecular formula is C8H14N2O2. The second kappa shape index (κ2) is 5.35. The monoisotopic (exact) mass is 170 g/mol. The summed E-state index contributed by atoms with van der Waals surface area (Å²) in [5.41, 5.74) is 6.07. The number of rotatable bonds is 4. The number of nitrogens with zero attached hydrogens (tertiary/aromatic N) is 1. The molecule has 4 nitrogen and oxygen atoms in total. The molecular weight excluding hydrogens is 156 g/mol. The molecule has 0 bridgehead atoms. The van der Waals surface area contributed by atoms with Crippen molar-refractivity contribution in [2.45, 2.75) is 26.7 Å². The molecule has 0 aromatic carbocycles. The lowest BCUT2D eigenvalue weighted by molar-refractivity contribution is -0.419. The van der Waals surface area contributed by atoms with E-state index in [-0.39, 0.29) is 5.70 Å². The molecule has 0 atom stereocenters. The van der Waals surface area contributed by atoms with Crippen molar-refractivity contribution in [1.82, 2.24) is 0 Å². The summed E-state index contributed by atoms with van der Waals surface area (Å²) in [5, 5.41) is 10.4. The molecule has 0 amide bonds. The first-order chi connectivity index (χ1) is 5.61. The third-order valence-corrected chi connectivity index (χ3v) is 1.37. The van der Waals surface area contributed by atoms with Crippen LogP contribution in [-0.4, -0.2) is 4.92 Å². The molecule has 0 aliphatic carbocycles. The van der Waals surface area contributed by atoms with E-state index in [0.717, 1.165) is 0 Å². The standard InChI is InChI=1S/C8H14N2O2/c1-3-5-8(10(11)12)6-7(9)4-2/h5-6H,3-4,9H2,1-2H3/b7-6+,8-5+. The molecule has 0 aromatic rings. The molecule has 68 valence electrons. The third-order valence-electron chi connectivity index (χ3n) is 1.37. The summed E-state index contributed by atoms with van der Waals surface area (Å²) in [4.78, 5) is 9.95. The van der Waals surface area contributed by atoms with E-state index in [0.29, 0.717) is 18.5 Å². The highest BCUT2D eigenvalue weighted by Gasteiger charge is 2.05. The van der Waals surface area contributed by atoms with Crippen LogP contribution in [0.2, 0.25) is 0 Å². The van der Waals surface area contributed by atoms with E-state index < -0.39 is 4.92 Å². The van der Waals surface area contributed by atoms with Crippen molar-refractivity contribution in [3.05, 3.63) is 33.7 Å². The van der Waals surface area contributed by atoms with Crippen LogP contribution < -0.4 is 5.73 Å². The van der Waals surface area contributed by atoms with E-state index in [2.05, 4.69) is 0 Å². The number of nitro groups is 1. The fourth-order valence-corrected chi connectivity index (χ4v) is 0.687. The fourth-order valence-electron chi connectivity index (χ4n) is 0.687. The van der Waals surface area contributed by atoms with Crippen molar-refractivity contribution in [3.8, 4) is 0 Å². The Kier molecular flexibility index (Phi) is 4.76. The first-order valence-electron chi connectivity index (χ1n) is 3.92. The zero-order valence-corrected chi connectivity index (χ0v) is 7.41. The Morgan fingerprint density at radius 3 is 2.50 bits per heavy atom. The quantitative estimate of drug-likeness (QED) is 0.397. The fraction of sp³-hybridized carbons (Fsp3) is 0.500. The number of nitrogens with two attached hydrogens (primary N) is 1. The van der Waals surface area contributed by atoms with Crippen LogP contribution in [0.1, 0.15) is 26.7 Å². The Labute approximate surface area is 71.9 Å². The highest BCUT2D eigenvalue weighted by atomic mass is 16.6. The molecule has 4 heteroatoms. The van der Waals surface area contributed by atoms with Crippen LogP contribution in [0, 0.1) is 10.1 Å². The van der Waals surface area contributed by atoms with Gasteiger partial charge in [0.25, 0.3) is 5.70 Å². The lowest BCUT2D eigenvalue weighted by atomic mass is 10.2. The van der Waals surface area contributed by atoms with Gasteiger partial charge in [0.2, 0.25) is 0 Å². The van der Waals surface area contributed by atoms with Gasteiger partial charge in [0.1, 0.15) is 0 Å². The van der Waals surface area contributed by atoms with Crippen LogP contribution in [0.5, 0.6) is 0 Å². The van der Waals surface area contributed by atoms with Gasteiger partial charge < -0.3 is 5.73 Å². The molecule has 0 aromatic heterocycles. The SMILES string of the molecule is CC/C=C(\C=C(\N)CC)[N+](=O)[O-]. The number of hydrogen-bond acceptors (Lipinski definition) is 3. The summed E-state index contributed by atoms with van der Waals surface area (Å²) in [6.07, 6.45) is 4.23. The molecule has 0 aliphatic heterocycles. The van der Waals surface area contributed by atoms with Crippen LogP contribution in [0.15, 0.2) is 23.5 Å². The highest BCUT2D eigenvalue weighted by molar-refractivity contribution is 5.15. The minimum absolute atomic E-state index is 0.0804. The van der Waals surface area contributed by atoms with Crippen molar-refractivity contribution in [2.75, 3.05) is 0 Å². The van der Waals surface area contributed by atoms with Crippen LogP contribution in [0.25, 0.3) is 0 Å². The van der Waals surface area contributed by atoms with Crippen molar-refractivity contribution in [3.63, 3.8) is 0 Å². The van der Waals surface area contributed by atoms with E-state index in [1.165, 1.54) is 6.08 Å². The van der Waals surface area contributed by atoms with Gasteiger partial charge in [-0.25, -0.2) is 0 Å². The zero-order chi connectivity index (χ0) is 9.56. The maximum absolute atomic E-state index is 10.4. The topological polar surface area (TPSA) is 69.2 Å². The Hall–Kier alpha value is -1.32. The van der Waals surface area contributed by atoms with E-state index in [4.69, 9.17) is 5.73 Å². The Balaban J connectivity index is 4.55. The maximum atomic E-state index is 10.4. The third kappa shape index (κ3) is 3.75. The predicted molar refractivity (Wildman–Crippen MR) is 47.9 cm³/mol. The Bertz CT molecular complexity index is 219. The number of hydrogen-bond donors (Lipinski definition) is 1. The van der Waals surface area contributed by atoms with Crippen molar-refractivity contribution in [1.29, 1.82) is 0 Å². The number of allylic oxidation sites excluding steroid dienone is 3. The summed E-state index contributed by atoms with van der Waals surface area (Å²) in [5.74, 6) is 0. The van der Waals surface area contributed by atoms with E-state index >= 15 is 0 Å². The van der Waals surface area contributed by atoms with Gasteiger partial charge in [0.15, 0.2) is 0 Å². The lowest BCUT2D eigenvalue weighted by Gasteiger charge is -1.94. The second-order valence-corrected chi connectivity index (χ2v) is 2.37. The average molecular weight is 170 g/mol. The van der Waals surface area contributed by atoms with Crippen LogP contribution in [-0.2, 0) is 0 Å². The van der Waals surface area contributed by atoms with Crippen molar-refractivity contribution < 1.29 is 4.92 Å². The molecule has 0 radical (unpaired) electrons. The molecule has 0 heterocycles. The molecule has 12 heavy (non-hydrogen) atoms. The Morgan fingerprint density at radius 1 is 1.58 bits per heavy atom. The van der Waals surface area contributed by atoms with Crippen LogP contribution >= 0.6 is 0 Å². The lowest BCUT2D eigenvalue weighted by Crippen LogP contribution is -2.01. The minimum Gasteiger partial charge on any atom is -0.402 e. The first-order valence-corrected chi connectivity index (χ1v) is 3.92. The normalized spacial score (nSPS) is 13.2. The summed E-state index contributed by atoms with van der Waals surface area (Å²) >= 11 is 0. The molecule has 0 aliphatic rings. The molecule has 0 saturated carbocycles. The second-order valence-electron chi connectivity index (χ2n) is 2.37. The van der Waals surface area contributed by atoms with E-state index in [1.807, 2.05) is 13.8 Å². The van der Waals surface area contributed by atoms with Gasteiger partial charge in [0.05, 0.1) is 4.92 Å². The molecule has 0 saturated heterocycles. The van der Waals surface area contributed by atoms with Gasteiger partial charge in [-0.3, -0.25) is 10.1 Å². The first kappa shape index (κ1) is 10.7. The van der Waals surface area contributed by atoms with Gasteiger partial charge in [0, 0.05) is 11.8 Å². The minimum atomic E-state index is -0.425. The summed E-state index contributed by atoms with van der Waals surface area (Å²) in [6.45, 7) is 3.70. The molecule has 0 rings (SSSR count). The summed E-state index contributed by atoms with van der Waals surface area (Å²) in [7, 11) is 0. The largest absolute Gasteiger partial charge is 0.402 e. The average Bonchev–Trinajstić information content (AvgIpc) is 2.03. The molecule has 2 N–H and O–H groups in total. The smallest absolute Gasteiger partial charge is 0.267 e. The maximum Gasteiger partial charge on any atom is 0.267 e. The van der Waals surface area contributed by atoms with Gasteiger partial charge >= 0.3 is 0 Å². The van der Waals surface area contributed by atoms with Gasteiger partial charge in [-0.15, -0.1) is 0 Å². The Morgan fingerprint density at radius 2 is 2.17 bits per heavy atom. The van der Waals surface area contributed by atoms with Crippen molar-refractivity contribution in [2.24, 2.45) is 5.73 Å². The van der Waals surface area contributed by atoms with Gasteiger partial charge in [-0.2, -0.15) is 0 Å². The predicted octanol–water partition coefficient (Wildman–Crippen LogP) is 1.81. The van der Waals surface area contributed by atoms with Gasteiger partial charge in [-0.05, 0) is 18.9 Å². The summed E-state index contributed by atoms with van der Waals surface area (Å²) < 4.78 is 0. The molecule has 0 fully saturated rings. The van der Waals surface area contributed by atoms with Crippen LogP contribution in [0.4, 0.5) is 0 Å². The molecule has 0 unspecified atom stereocenters. The zero-order valence-electron chi connectivity index (χ0n) is 7.41. The van der Waals surface area contributed by atoms with E-state index in [1.54, 1.807) is 6.08 Å².